The van der Waals surface area contributed by atoms with E-state index in [1.165, 1.54) is 0 Å². The molecule has 2 N–H and O–H groups in total. The van der Waals surface area contributed by atoms with Crippen molar-refractivity contribution in [2.24, 2.45) is 0 Å². The first-order valence-corrected chi connectivity index (χ1v) is 5.07. The molecule has 0 aliphatic carbocycles. The van der Waals surface area contributed by atoms with Crippen molar-refractivity contribution in [1.82, 2.24) is 9.97 Å². The molecule has 1 rings (SSSR count). The molecule has 0 aliphatic rings. The van der Waals surface area contributed by atoms with Crippen LogP contribution in [-0.4, -0.2) is 24.6 Å². The predicted molar refractivity (Wildman–Crippen MR) is 44.3 cm³/mol. The number of hydrogen-bond acceptors (Lipinski definition) is 6. The smallest absolute Gasteiger partial charge is 0.221 e. The Kier molecular flexibility index (Phi) is 2.16. The second kappa shape index (κ2) is 2.99. The number of nitriles is 1. The average Bonchev–Trinajstić information content (AvgIpc) is 2.03. The Morgan fingerprint density at radius 2 is 2.23 bits per heavy atom. The van der Waals surface area contributed by atoms with Gasteiger partial charge in [-0.25, -0.2) is 18.4 Å². The summed E-state index contributed by atoms with van der Waals surface area (Å²) in [5.74, 6) is -0.167. The van der Waals surface area contributed by atoms with Gasteiger partial charge in [-0.3, -0.25) is 0 Å². The summed E-state index contributed by atoms with van der Waals surface area (Å²) in [7, 11) is -3.52. The zero-order chi connectivity index (χ0) is 10.1. The Bertz CT molecular complexity index is 474. The number of sulfone groups is 1. The first kappa shape index (κ1) is 9.41. The molecule has 7 heteroatoms. The Morgan fingerprint density at radius 3 is 2.69 bits per heavy atom. The van der Waals surface area contributed by atoms with Crippen LogP contribution >= 0.6 is 0 Å². The van der Waals surface area contributed by atoms with E-state index < -0.39 is 9.84 Å². The van der Waals surface area contributed by atoms with Gasteiger partial charge in [0.05, 0.1) is 6.20 Å². The highest BCUT2D eigenvalue weighted by Gasteiger charge is 2.15. The third kappa shape index (κ3) is 1.91. The van der Waals surface area contributed by atoms with Gasteiger partial charge in [0.2, 0.25) is 5.95 Å². The molecular weight excluding hydrogens is 192 g/mol. The molecule has 0 aromatic carbocycles. The minimum absolute atomic E-state index is 0.100. The Morgan fingerprint density at radius 1 is 1.62 bits per heavy atom. The summed E-state index contributed by atoms with van der Waals surface area (Å²) >= 11 is 0. The molecule has 1 heterocycles. The number of nitrogen functional groups attached to an aromatic ring is 1. The van der Waals surface area contributed by atoms with Crippen LogP contribution in [0.4, 0.5) is 5.95 Å². The maximum Gasteiger partial charge on any atom is 0.221 e. The quantitative estimate of drug-likeness (QED) is 0.599. The van der Waals surface area contributed by atoms with Crippen LogP contribution in [0.3, 0.4) is 0 Å². The van der Waals surface area contributed by atoms with Gasteiger partial charge in [0.25, 0.3) is 0 Å². The van der Waals surface area contributed by atoms with Crippen molar-refractivity contribution in [3.63, 3.8) is 0 Å². The largest absolute Gasteiger partial charge is 0.368 e. The van der Waals surface area contributed by atoms with E-state index in [2.05, 4.69) is 9.97 Å². The summed E-state index contributed by atoms with van der Waals surface area (Å²) in [4.78, 5) is 6.98. The minimum atomic E-state index is -3.52. The van der Waals surface area contributed by atoms with Crippen LogP contribution in [0.25, 0.3) is 0 Å². The Labute approximate surface area is 75.0 Å². The lowest BCUT2D eigenvalue weighted by Gasteiger charge is -1.99. The number of nitrogens with two attached hydrogens (primary N) is 1. The standard InChI is InChI=1S/C6H6N4O2S/c1-13(11,12)5-4(2-7)3-9-6(8)10-5/h3H,1H3,(H2,8,9,10). The fourth-order valence-corrected chi connectivity index (χ4v) is 1.50. The van der Waals surface area contributed by atoms with Crippen LogP contribution < -0.4 is 5.73 Å². The van der Waals surface area contributed by atoms with Crippen LogP contribution in [0.5, 0.6) is 0 Å². The van der Waals surface area contributed by atoms with Crippen molar-refractivity contribution in [2.75, 3.05) is 12.0 Å². The van der Waals surface area contributed by atoms with Gasteiger partial charge in [0, 0.05) is 6.26 Å². The fraction of sp³-hybridized carbons (Fsp3) is 0.167. The first-order chi connectivity index (χ1) is 5.95. The van der Waals surface area contributed by atoms with Crippen molar-refractivity contribution in [1.29, 1.82) is 5.26 Å². The fourth-order valence-electron chi connectivity index (χ4n) is 0.738. The molecule has 0 saturated heterocycles. The molecule has 0 radical (unpaired) electrons. The molecule has 0 fully saturated rings. The first-order valence-electron chi connectivity index (χ1n) is 3.18. The molecule has 1 aromatic rings. The third-order valence-electron chi connectivity index (χ3n) is 1.24. The molecule has 6 nitrogen and oxygen atoms in total. The van der Waals surface area contributed by atoms with Crippen molar-refractivity contribution in [3.05, 3.63) is 11.8 Å². The molecule has 0 bridgehead atoms. The normalized spacial score (nSPS) is 10.8. The number of aromatic nitrogens is 2. The van der Waals surface area contributed by atoms with E-state index in [1.54, 1.807) is 6.07 Å². The van der Waals surface area contributed by atoms with Crippen LogP contribution in [0.15, 0.2) is 11.2 Å². The predicted octanol–water partition coefficient (Wildman–Crippen LogP) is -0.666. The van der Waals surface area contributed by atoms with Crippen LogP contribution in [0.1, 0.15) is 5.56 Å². The molecule has 0 unspecified atom stereocenters. The van der Waals surface area contributed by atoms with Crippen LogP contribution in [0, 0.1) is 11.3 Å². The Hall–Kier alpha value is -1.68. The Balaban J connectivity index is 3.53. The molecule has 0 spiro atoms. The maximum atomic E-state index is 11.1. The number of hydrogen-bond donors (Lipinski definition) is 1. The van der Waals surface area contributed by atoms with Crippen molar-refractivity contribution < 1.29 is 8.42 Å². The zero-order valence-corrected chi connectivity index (χ0v) is 7.54. The highest BCUT2D eigenvalue weighted by molar-refractivity contribution is 7.90. The van der Waals surface area contributed by atoms with Gasteiger partial charge < -0.3 is 5.73 Å². The summed E-state index contributed by atoms with van der Waals surface area (Å²) in [5, 5.41) is 8.21. The highest BCUT2D eigenvalue weighted by atomic mass is 32.2. The van der Waals surface area contributed by atoms with E-state index in [4.69, 9.17) is 11.0 Å². The van der Waals surface area contributed by atoms with Crippen LogP contribution in [-0.2, 0) is 9.84 Å². The maximum absolute atomic E-state index is 11.1. The monoisotopic (exact) mass is 198 g/mol. The molecule has 68 valence electrons. The molecule has 0 saturated carbocycles. The molecule has 13 heavy (non-hydrogen) atoms. The molecule has 0 amide bonds. The molecule has 0 atom stereocenters. The second-order valence-electron chi connectivity index (χ2n) is 2.33. The average molecular weight is 198 g/mol. The van der Waals surface area contributed by atoms with Gasteiger partial charge in [-0.2, -0.15) is 5.26 Å². The summed E-state index contributed by atoms with van der Waals surface area (Å²) in [6.45, 7) is 0. The topological polar surface area (TPSA) is 110 Å². The van der Waals surface area contributed by atoms with Gasteiger partial charge >= 0.3 is 0 Å². The third-order valence-corrected chi connectivity index (χ3v) is 2.26. The van der Waals surface area contributed by atoms with E-state index in [0.29, 0.717) is 0 Å². The second-order valence-corrected chi connectivity index (χ2v) is 4.26. The van der Waals surface area contributed by atoms with Gasteiger partial charge in [-0.05, 0) is 0 Å². The van der Waals surface area contributed by atoms with Gasteiger partial charge in [0.15, 0.2) is 14.9 Å². The number of anilines is 1. The van der Waals surface area contributed by atoms with E-state index in [-0.39, 0.29) is 16.5 Å². The van der Waals surface area contributed by atoms with E-state index in [1.807, 2.05) is 0 Å². The van der Waals surface area contributed by atoms with Gasteiger partial charge in [-0.15, -0.1) is 0 Å². The summed E-state index contributed by atoms with van der Waals surface area (Å²) in [6, 6.07) is 1.67. The van der Waals surface area contributed by atoms with Crippen molar-refractivity contribution >= 4 is 15.8 Å². The van der Waals surface area contributed by atoms with E-state index in [0.717, 1.165) is 12.5 Å². The lowest BCUT2D eigenvalue weighted by atomic mass is 10.4. The molecule has 0 aliphatic heterocycles. The lowest BCUT2D eigenvalue weighted by molar-refractivity contribution is 0.597. The van der Waals surface area contributed by atoms with E-state index in [9.17, 15) is 8.42 Å². The highest BCUT2D eigenvalue weighted by Crippen LogP contribution is 2.11. The summed E-state index contributed by atoms with van der Waals surface area (Å²) in [6.07, 6.45) is 2.04. The van der Waals surface area contributed by atoms with Gasteiger partial charge in [0.1, 0.15) is 11.6 Å². The molecule has 1 aromatic heterocycles. The van der Waals surface area contributed by atoms with E-state index >= 15 is 0 Å². The van der Waals surface area contributed by atoms with Gasteiger partial charge in [-0.1, -0.05) is 0 Å². The molecular formula is C6H6N4O2S. The minimum Gasteiger partial charge on any atom is -0.368 e. The summed E-state index contributed by atoms with van der Waals surface area (Å²) in [5.41, 5.74) is 5.08. The van der Waals surface area contributed by atoms with Crippen LogP contribution in [0.2, 0.25) is 0 Å². The number of nitrogens with zero attached hydrogens (tertiary/aromatic N) is 3. The van der Waals surface area contributed by atoms with Crippen molar-refractivity contribution in [3.8, 4) is 6.07 Å². The zero-order valence-electron chi connectivity index (χ0n) is 6.72. The van der Waals surface area contributed by atoms with Crippen molar-refractivity contribution in [2.45, 2.75) is 5.03 Å². The lowest BCUT2D eigenvalue weighted by Crippen LogP contribution is -2.07. The number of rotatable bonds is 1. The SMILES string of the molecule is CS(=O)(=O)c1nc(N)ncc1C#N. The summed E-state index contributed by atoms with van der Waals surface area (Å²) < 4.78 is 22.1.